The number of halogens is 2. The van der Waals surface area contributed by atoms with E-state index in [0.717, 1.165) is 13.1 Å². The smallest absolute Gasteiger partial charge is 0.255 e. The first-order valence-corrected chi connectivity index (χ1v) is 11.1. The quantitative estimate of drug-likeness (QED) is 0.772. The summed E-state index contributed by atoms with van der Waals surface area (Å²) in [6.45, 7) is 2.46. The first-order valence-electron chi connectivity index (χ1n) is 8.76. The van der Waals surface area contributed by atoms with Gasteiger partial charge in [-0.3, -0.25) is 4.79 Å². The van der Waals surface area contributed by atoms with Crippen LogP contribution < -0.4 is 5.32 Å². The van der Waals surface area contributed by atoms with Crippen LogP contribution in [-0.4, -0.2) is 56.8 Å². The predicted octanol–water partition coefficient (Wildman–Crippen LogP) is 3.32. The van der Waals surface area contributed by atoms with Crippen LogP contribution in [0, 0.1) is 0 Å². The Labute approximate surface area is 175 Å². The summed E-state index contributed by atoms with van der Waals surface area (Å²) in [5, 5.41) is 3.50. The van der Waals surface area contributed by atoms with E-state index < -0.39 is 10.0 Å². The average Bonchev–Trinajstić information content (AvgIpc) is 2.65. The summed E-state index contributed by atoms with van der Waals surface area (Å²) in [5.41, 5.74) is 1.60. The van der Waals surface area contributed by atoms with Crippen LogP contribution in [0.2, 0.25) is 10.0 Å². The number of carbonyl (C=O) groups is 1. The zero-order valence-electron chi connectivity index (χ0n) is 15.4. The molecular formula is C19H21Cl2N3O3S. The van der Waals surface area contributed by atoms with E-state index in [1.165, 1.54) is 4.31 Å². The van der Waals surface area contributed by atoms with Crippen molar-refractivity contribution in [3.8, 4) is 0 Å². The Morgan fingerprint density at radius 2 is 1.64 bits per heavy atom. The Morgan fingerprint density at radius 1 is 1.00 bits per heavy atom. The molecule has 0 atom stereocenters. The SMILES string of the molecule is CN1CCN(S(=O)(=O)Cc2ccc(C(=O)Nc3ccc(Cl)c(Cl)c3)cc2)CC1. The molecular weight excluding hydrogens is 421 g/mol. The van der Waals surface area contributed by atoms with Crippen molar-refractivity contribution in [1.29, 1.82) is 0 Å². The second kappa shape index (κ2) is 8.80. The van der Waals surface area contributed by atoms with Gasteiger partial charge < -0.3 is 10.2 Å². The Kier molecular flexibility index (Phi) is 6.62. The van der Waals surface area contributed by atoms with Gasteiger partial charge in [0.05, 0.1) is 15.8 Å². The third-order valence-corrected chi connectivity index (χ3v) is 7.19. The van der Waals surface area contributed by atoms with Gasteiger partial charge in [0.25, 0.3) is 5.91 Å². The monoisotopic (exact) mass is 441 g/mol. The molecule has 9 heteroatoms. The van der Waals surface area contributed by atoms with E-state index in [2.05, 4.69) is 10.2 Å². The van der Waals surface area contributed by atoms with Crippen molar-refractivity contribution < 1.29 is 13.2 Å². The first kappa shape index (κ1) is 21.1. The van der Waals surface area contributed by atoms with Gasteiger partial charge in [0.2, 0.25) is 10.0 Å². The minimum absolute atomic E-state index is 0.0780. The highest BCUT2D eigenvalue weighted by Gasteiger charge is 2.25. The van der Waals surface area contributed by atoms with Gasteiger partial charge in [0.1, 0.15) is 0 Å². The van der Waals surface area contributed by atoms with Gasteiger partial charge in [0.15, 0.2) is 0 Å². The number of benzene rings is 2. The van der Waals surface area contributed by atoms with Gasteiger partial charge in [-0.1, -0.05) is 35.3 Å². The second-order valence-corrected chi connectivity index (χ2v) is 9.52. The molecule has 2 aromatic carbocycles. The number of anilines is 1. The third kappa shape index (κ3) is 5.24. The van der Waals surface area contributed by atoms with Crippen molar-refractivity contribution >= 4 is 44.8 Å². The van der Waals surface area contributed by atoms with Crippen LogP contribution in [-0.2, 0) is 15.8 Å². The number of amides is 1. The minimum Gasteiger partial charge on any atom is -0.322 e. The van der Waals surface area contributed by atoms with Gasteiger partial charge in [-0.2, -0.15) is 4.31 Å². The lowest BCUT2D eigenvalue weighted by molar-refractivity contribution is 0.102. The molecule has 1 aliphatic rings. The van der Waals surface area contributed by atoms with Crippen molar-refractivity contribution in [2.45, 2.75) is 5.75 Å². The third-order valence-electron chi connectivity index (χ3n) is 4.60. The molecule has 0 spiro atoms. The van der Waals surface area contributed by atoms with Crippen molar-refractivity contribution in [2.24, 2.45) is 0 Å². The van der Waals surface area contributed by atoms with E-state index >= 15 is 0 Å². The van der Waals surface area contributed by atoms with Crippen LogP contribution in [0.1, 0.15) is 15.9 Å². The molecule has 0 radical (unpaired) electrons. The van der Waals surface area contributed by atoms with Gasteiger partial charge in [0, 0.05) is 37.4 Å². The summed E-state index contributed by atoms with van der Waals surface area (Å²) in [7, 11) is -1.39. The number of carbonyl (C=O) groups excluding carboxylic acids is 1. The number of hydrogen-bond donors (Lipinski definition) is 1. The van der Waals surface area contributed by atoms with Gasteiger partial charge in [-0.05, 0) is 42.9 Å². The Bertz CT molecular complexity index is 957. The number of likely N-dealkylation sites (N-methyl/N-ethyl adjacent to an activating group) is 1. The summed E-state index contributed by atoms with van der Waals surface area (Å²) in [6, 6.07) is 11.4. The molecule has 1 N–H and O–H groups in total. The summed E-state index contributed by atoms with van der Waals surface area (Å²) in [4.78, 5) is 14.5. The van der Waals surface area contributed by atoms with Crippen LogP contribution in [0.3, 0.4) is 0 Å². The van der Waals surface area contributed by atoms with Crippen LogP contribution in [0.5, 0.6) is 0 Å². The maximum Gasteiger partial charge on any atom is 0.255 e. The van der Waals surface area contributed by atoms with Crippen LogP contribution in [0.25, 0.3) is 0 Å². The largest absolute Gasteiger partial charge is 0.322 e. The number of rotatable bonds is 5. The highest BCUT2D eigenvalue weighted by molar-refractivity contribution is 7.88. The molecule has 28 heavy (non-hydrogen) atoms. The van der Waals surface area contributed by atoms with Crippen molar-refractivity contribution in [1.82, 2.24) is 9.21 Å². The highest BCUT2D eigenvalue weighted by atomic mass is 35.5. The molecule has 0 saturated carbocycles. The molecule has 1 aliphatic heterocycles. The molecule has 1 fully saturated rings. The lowest BCUT2D eigenvalue weighted by Crippen LogP contribution is -2.47. The summed E-state index contributed by atoms with van der Waals surface area (Å²) in [5.74, 6) is -0.391. The fourth-order valence-electron chi connectivity index (χ4n) is 2.90. The maximum atomic E-state index is 12.6. The molecule has 0 aromatic heterocycles. The Morgan fingerprint density at radius 3 is 2.25 bits per heavy atom. The van der Waals surface area contributed by atoms with E-state index in [4.69, 9.17) is 23.2 Å². The van der Waals surface area contributed by atoms with E-state index in [1.54, 1.807) is 42.5 Å². The molecule has 1 saturated heterocycles. The van der Waals surface area contributed by atoms with Gasteiger partial charge >= 0.3 is 0 Å². The molecule has 150 valence electrons. The molecule has 6 nitrogen and oxygen atoms in total. The van der Waals surface area contributed by atoms with Gasteiger partial charge in [-0.25, -0.2) is 8.42 Å². The summed E-state index contributed by atoms with van der Waals surface area (Å²) < 4.78 is 26.7. The number of sulfonamides is 1. The molecule has 1 amide bonds. The first-order chi connectivity index (χ1) is 13.2. The zero-order valence-corrected chi connectivity index (χ0v) is 17.7. The number of nitrogens with zero attached hydrogens (tertiary/aromatic N) is 2. The van der Waals surface area contributed by atoms with Gasteiger partial charge in [-0.15, -0.1) is 0 Å². The number of hydrogen-bond acceptors (Lipinski definition) is 4. The summed E-state index contributed by atoms with van der Waals surface area (Å²) >= 11 is 11.8. The Balaban J connectivity index is 1.64. The molecule has 2 aromatic rings. The lowest BCUT2D eigenvalue weighted by Gasteiger charge is -2.31. The Hall–Kier alpha value is -1.64. The average molecular weight is 442 g/mol. The number of nitrogens with one attached hydrogen (secondary N) is 1. The predicted molar refractivity (Wildman–Crippen MR) is 113 cm³/mol. The van der Waals surface area contributed by atoms with E-state index in [9.17, 15) is 13.2 Å². The van der Waals surface area contributed by atoms with Crippen LogP contribution in [0.15, 0.2) is 42.5 Å². The van der Waals surface area contributed by atoms with E-state index in [-0.39, 0.29) is 11.7 Å². The zero-order chi connectivity index (χ0) is 20.3. The maximum absolute atomic E-state index is 12.6. The second-order valence-electron chi connectivity index (χ2n) is 6.74. The van der Waals surface area contributed by atoms with Crippen molar-refractivity contribution in [3.63, 3.8) is 0 Å². The van der Waals surface area contributed by atoms with Crippen LogP contribution >= 0.6 is 23.2 Å². The van der Waals surface area contributed by atoms with Crippen molar-refractivity contribution in [2.75, 3.05) is 38.5 Å². The molecule has 0 aliphatic carbocycles. The highest BCUT2D eigenvalue weighted by Crippen LogP contribution is 2.25. The molecule has 0 unspecified atom stereocenters. The summed E-state index contributed by atoms with van der Waals surface area (Å²) in [6.07, 6.45) is 0. The molecule has 0 bridgehead atoms. The van der Waals surface area contributed by atoms with Crippen molar-refractivity contribution in [3.05, 3.63) is 63.6 Å². The van der Waals surface area contributed by atoms with Crippen LogP contribution in [0.4, 0.5) is 5.69 Å². The van der Waals surface area contributed by atoms with E-state index in [0.29, 0.717) is 39.9 Å². The normalized spacial score (nSPS) is 16.1. The standard InChI is InChI=1S/C19H21Cl2N3O3S/c1-23-8-10-24(11-9-23)28(26,27)13-14-2-4-15(5-3-14)19(25)22-16-6-7-17(20)18(21)12-16/h2-7,12H,8-11,13H2,1H3,(H,22,25). The molecule has 1 heterocycles. The molecule has 3 rings (SSSR count). The fourth-order valence-corrected chi connectivity index (χ4v) is 4.71. The minimum atomic E-state index is -3.37. The fraction of sp³-hybridized carbons (Fsp3) is 0.316. The van der Waals surface area contributed by atoms with E-state index in [1.807, 2.05) is 7.05 Å². The lowest BCUT2D eigenvalue weighted by atomic mass is 10.1. The number of piperazine rings is 1. The topological polar surface area (TPSA) is 69.7 Å².